The van der Waals surface area contributed by atoms with Crippen LogP contribution in [0.1, 0.15) is 0 Å². The van der Waals surface area contributed by atoms with Gasteiger partial charge in [0, 0.05) is 16.5 Å². The highest BCUT2D eigenvalue weighted by Gasteiger charge is 2.28. The standard InChI is InChI=1S/C22H17BN2/c1-2-7-16(8-3-1)21-19-11-4-5-12-20(19)24-22(25-21)17-9-6-10-18(15-17)23-13-14-23/h1-12,15H,13-14H2. The van der Waals surface area contributed by atoms with Crippen LogP contribution in [-0.2, 0) is 0 Å². The molecule has 1 aromatic heterocycles. The molecular weight excluding hydrogens is 303 g/mol. The monoisotopic (exact) mass is 320 g/mol. The number of aromatic nitrogens is 2. The molecule has 0 spiro atoms. The zero-order valence-corrected chi connectivity index (χ0v) is 13.9. The summed E-state index contributed by atoms with van der Waals surface area (Å²) in [6.45, 7) is 0.731. The second kappa shape index (κ2) is 5.85. The van der Waals surface area contributed by atoms with E-state index in [0.717, 1.165) is 40.3 Å². The van der Waals surface area contributed by atoms with Gasteiger partial charge < -0.3 is 0 Å². The maximum absolute atomic E-state index is 4.95. The van der Waals surface area contributed by atoms with Crippen molar-refractivity contribution >= 4 is 23.1 Å². The SMILES string of the molecule is c1ccc(-c2nc(-c3cccc(B4CC4)c3)nc3ccccc23)cc1. The molecule has 4 aromatic rings. The third-order valence-electron chi connectivity index (χ3n) is 4.84. The van der Waals surface area contributed by atoms with Gasteiger partial charge in [0.25, 0.3) is 0 Å². The topological polar surface area (TPSA) is 25.8 Å². The maximum Gasteiger partial charge on any atom is 0.174 e. The summed E-state index contributed by atoms with van der Waals surface area (Å²) >= 11 is 0. The van der Waals surface area contributed by atoms with E-state index in [9.17, 15) is 0 Å². The van der Waals surface area contributed by atoms with Crippen LogP contribution < -0.4 is 5.46 Å². The van der Waals surface area contributed by atoms with Crippen molar-refractivity contribution in [2.75, 3.05) is 0 Å². The molecule has 0 aliphatic carbocycles. The first-order chi connectivity index (χ1) is 12.4. The lowest BCUT2D eigenvalue weighted by atomic mass is 9.63. The minimum Gasteiger partial charge on any atom is -0.228 e. The zero-order chi connectivity index (χ0) is 16.6. The lowest BCUT2D eigenvalue weighted by Crippen LogP contribution is -2.14. The van der Waals surface area contributed by atoms with Crippen molar-refractivity contribution in [3.63, 3.8) is 0 Å². The Labute approximate surface area is 147 Å². The Balaban J connectivity index is 1.73. The molecule has 1 saturated heterocycles. The number of hydrogen-bond donors (Lipinski definition) is 0. The Morgan fingerprint density at radius 1 is 0.680 bits per heavy atom. The summed E-state index contributed by atoms with van der Waals surface area (Å²) in [5.74, 6) is 0.806. The fraction of sp³-hybridized carbons (Fsp3) is 0.0909. The van der Waals surface area contributed by atoms with Crippen molar-refractivity contribution in [2.24, 2.45) is 0 Å². The van der Waals surface area contributed by atoms with E-state index < -0.39 is 0 Å². The number of nitrogens with zero attached hydrogens (tertiary/aromatic N) is 2. The molecule has 0 unspecified atom stereocenters. The molecule has 2 heterocycles. The highest BCUT2D eigenvalue weighted by Crippen LogP contribution is 2.29. The quantitative estimate of drug-likeness (QED) is 0.512. The second-order valence-electron chi connectivity index (χ2n) is 6.68. The van der Waals surface area contributed by atoms with Crippen LogP contribution in [-0.4, -0.2) is 16.7 Å². The van der Waals surface area contributed by atoms with E-state index in [2.05, 4.69) is 60.7 Å². The molecular formula is C22H17BN2. The average molecular weight is 320 g/mol. The molecule has 0 saturated carbocycles. The van der Waals surface area contributed by atoms with Crippen LogP contribution in [0.5, 0.6) is 0 Å². The third kappa shape index (κ3) is 2.72. The van der Waals surface area contributed by atoms with Gasteiger partial charge in [-0.15, -0.1) is 0 Å². The van der Waals surface area contributed by atoms with E-state index in [0.29, 0.717) is 0 Å². The first kappa shape index (κ1) is 14.4. The Morgan fingerprint density at radius 2 is 1.44 bits per heavy atom. The lowest BCUT2D eigenvalue weighted by Gasteiger charge is -2.10. The number of benzene rings is 3. The highest BCUT2D eigenvalue weighted by molar-refractivity contribution is 6.82. The van der Waals surface area contributed by atoms with E-state index in [-0.39, 0.29) is 0 Å². The van der Waals surface area contributed by atoms with E-state index in [1.807, 2.05) is 18.2 Å². The predicted octanol–water partition coefficient (Wildman–Crippen LogP) is 4.68. The van der Waals surface area contributed by atoms with Gasteiger partial charge >= 0.3 is 0 Å². The van der Waals surface area contributed by atoms with Crippen LogP contribution in [0.2, 0.25) is 12.6 Å². The molecule has 2 nitrogen and oxygen atoms in total. The van der Waals surface area contributed by atoms with E-state index >= 15 is 0 Å². The van der Waals surface area contributed by atoms with Gasteiger partial charge in [0.2, 0.25) is 0 Å². The first-order valence-corrected chi connectivity index (χ1v) is 8.81. The van der Waals surface area contributed by atoms with Gasteiger partial charge in [-0.3, -0.25) is 0 Å². The Hall–Kier alpha value is -2.94. The molecule has 0 atom stereocenters. The number of rotatable bonds is 3. The van der Waals surface area contributed by atoms with Crippen molar-refractivity contribution in [3.05, 3.63) is 78.9 Å². The Kier molecular flexibility index (Phi) is 3.37. The van der Waals surface area contributed by atoms with Crippen LogP contribution in [0, 0.1) is 0 Å². The molecule has 3 heteroatoms. The molecule has 1 fully saturated rings. The smallest absolute Gasteiger partial charge is 0.174 e. The number of hydrogen-bond acceptors (Lipinski definition) is 2. The van der Waals surface area contributed by atoms with E-state index in [4.69, 9.17) is 9.97 Å². The molecule has 0 amide bonds. The summed E-state index contributed by atoms with van der Waals surface area (Å²) in [7, 11) is 0. The third-order valence-corrected chi connectivity index (χ3v) is 4.84. The number of fused-ring (bicyclic) bond motifs is 1. The second-order valence-corrected chi connectivity index (χ2v) is 6.68. The Bertz CT molecular complexity index is 1060. The average Bonchev–Trinajstić information content (AvgIpc) is 3.53. The molecule has 25 heavy (non-hydrogen) atoms. The van der Waals surface area contributed by atoms with E-state index in [1.165, 1.54) is 18.1 Å². The van der Waals surface area contributed by atoms with Crippen LogP contribution in [0.4, 0.5) is 0 Å². The van der Waals surface area contributed by atoms with Gasteiger partial charge in [-0.2, -0.15) is 0 Å². The summed E-state index contributed by atoms with van der Waals surface area (Å²) in [4.78, 5) is 9.79. The summed E-state index contributed by atoms with van der Waals surface area (Å²) < 4.78 is 0. The summed E-state index contributed by atoms with van der Waals surface area (Å²) in [5.41, 5.74) is 5.63. The molecule has 1 aliphatic rings. The minimum atomic E-state index is 0.731. The molecule has 5 rings (SSSR count). The fourth-order valence-corrected chi connectivity index (χ4v) is 3.37. The van der Waals surface area contributed by atoms with E-state index in [1.54, 1.807) is 0 Å². The summed E-state index contributed by atoms with van der Waals surface area (Å²) in [6.07, 6.45) is 2.61. The molecule has 118 valence electrons. The molecule has 0 bridgehead atoms. The van der Waals surface area contributed by atoms with Gasteiger partial charge in [0.1, 0.15) is 0 Å². The van der Waals surface area contributed by atoms with Crippen molar-refractivity contribution in [1.29, 1.82) is 0 Å². The fourth-order valence-electron chi connectivity index (χ4n) is 3.37. The summed E-state index contributed by atoms with van der Waals surface area (Å²) in [5, 5.41) is 1.09. The van der Waals surface area contributed by atoms with Crippen molar-refractivity contribution in [3.8, 4) is 22.6 Å². The molecule has 0 radical (unpaired) electrons. The largest absolute Gasteiger partial charge is 0.228 e. The first-order valence-electron chi connectivity index (χ1n) is 8.81. The van der Waals surface area contributed by atoms with Crippen molar-refractivity contribution < 1.29 is 0 Å². The normalized spacial score (nSPS) is 13.2. The minimum absolute atomic E-state index is 0.731. The van der Waals surface area contributed by atoms with Gasteiger partial charge in [0.15, 0.2) is 12.5 Å². The zero-order valence-electron chi connectivity index (χ0n) is 13.9. The lowest BCUT2D eigenvalue weighted by molar-refractivity contribution is 1.23. The molecule has 3 aromatic carbocycles. The van der Waals surface area contributed by atoms with Gasteiger partial charge in [-0.05, 0) is 6.07 Å². The van der Waals surface area contributed by atoms with Crippen LogP contribution in [0.3, 0.4) is 0 Å². The van der Waals surface area contributed by atoms with Crippen molar-refractivity contribution in [1.82, 2.24) is 9.97 Å². The maximum atomic E-state index is 4.95. The van der Waals surface area contributed by atoms with Crippen LogP contribution in [0.25, 0.3) is 33.5 Å². The van der Waals surface area contributed by atoms with Gasteiger partial charge in [-0.25, -0.2) is 9.97 Å². The van der Waals surface area contributed by atoms with Gasteiger partial charge in [0.05, 0.1) is 11.2 Å². The highest BCUT2D eigenvalue weighted by atomic mass is 14.9. The predicted molar refractivity (Wildman–Crippen MR) is 105 cm³/mol. The van der Waals surface area contributed by atoms with Crippen LogP contribution >= 0.6 is 0 Å². The summed E-state index contributed by atoms with van der Waals surface area (Å²) in [6, 6.07) is 27.3. The Morgan fingerprint density at radius 3 is 2.28 bits per heavy atom. The molecule has 1 aliphatic heterocycles. The number of para-hydroxylation sites is 1. The van der Waals surface area contributed by atoms with Crippen molar-refractivity contribution in [2.45, 2.75) is 12.6 Å². The van der Waals surface area contributed by atoms with Crippen LogP contribution in [0.15, 0.2) is 78.9 Å². The molecule has 0 N–H and O–H groups in total. The van der Waals surface area contributed by atoms with Gasteiger partial charge in [-0.1, -0.05) is 90.9 Å².